The highest BCUT2D eigenvalue weighted by atomic mass is 32.2. The second-order valence-corrected chi connectivity index (χ2v) is 18.2. The summed E-state index contributed by atoms with van der Waals surface area (Å²) in [6.45, 7) is 6.40. The lowest BCUT2D eigenvalue weighted by Crippen LogP contribution is -2.42. The highest BCUT2D eigenvalue weighted by Gasteiger charge is 2.32. The zero-order valence-electron chi connectivity index (χ0n) is 28.8. The maximum absolute atomic E-state index is 13.5. The number of rotatable bonds is 15. The number of likely N-dealkylation sites (tertiary alicyclic amines) is 1. The van der Waals surface area contributed by atoms with Crippen LogP contribution in [0.15, 0.2) is 72.8 Å². The third-order valence-corrected chi connectivity index (χ3v) is 11.3. The van der Waals surface area contributed by atoms with Crippen molar-refractivity contribution in [1.29, 1.82) is 0 Å². The average molecular weight is 733 g/mol. The summed E-state index contributed by atoms with van der Waals surface area (Å²) in [6, 6.07) is 22.5. The minimum Gasteiger partial charge on any atom is -0.480 e. The van der Waals surface area contributed by atoms with E-state index in [0.29, 0.717) is 36.1 Å². The van der Waals surface area contributed by atoms with E-state index < -0.39 is 37.6 Å². The van der Waals surface area contributed by atoms with Gasteiger partial charge < -0.3 is 15.2 Å². The molecule has 0 radical (unpaired) electrons. The van der Waals surface area contributed by atoms with E-state index in [-0.39, 0.29) is 24.0 Å². The molecule has 3 aromatic rings. The van der Waals surface area contributed by atoms with Crippen molar-refractivity contribution < 1.29 is 36.3 Å². The third kappa shape index (κ3) is 13.5. The van der Waals surface area contributed by atoms with Crippen molar-refractivity contribution >= 4 is 43.3 Å². The molecule has 3 aromatic carbocycles. The number of amides is 1. The van der Waals surface area contributed by atoms with Gasteiger partial charge in [0.05, 0.1) is 19.0 Å². The number of benzene rings is 3. The van der Waals surface area contributed by atoms with Crippen LogP contribution in [0.1, 0.15) is 46.8 Å². The molecule has 1 fully saturated rings. The van der Waals surface area contributed by atoms with E-state index in [0.717, 1.165) is 41.5 Å². The summed E-state index contributed by atoms with van der Waals surface area (Å²) in [5, 5.41) is 12.7. The van der Waals surface area contributed by atoms with Crippen molar-refractivity contribution in [2.45, 2.75) is 57.2 Å². The van der Waals surface area contributed by atoms with Crippen molar-refractivity contribution in [3.05, 3.63) is 95.1 Å². The van der Waals surface area contributed by atoms with E-state index in [1.165, 1.54) is 6.26 Å². The fourth-order valence-corrected chi connectivity index (χ4v) is 6.83. The van der Waals surface area contributed by atoms with E-state index in [2.05, 4.69) is 28.6 Å². The first kappa shape index (κ1) is 40.2. The molecule has 0 aromatic heterocycles. The van der Waals surface area contributed by atoms with Crippen LogP contribution < -0.4 is 5.32 Å². The molecule has 1 amide bonds. The van der Waals surface area contributed by atoms with Crippen molar-refractivity contribution in [3.63, 3.8) is 0 Å². The Morgan fingerprint density at radius 1 is 0.959 bits per heavy atom. The summed E-state index contributed by atoms with van der Waals surface area (Å²) in [6.07, 6.45) is 5.22. The first-order chi connectivity index (χ1) is 23.1. The molecule has 0 saturated carbocycles. The van der Waals surface area contributed by atoms with Gasteiger partial charge in [0.25, 0.3) is 5.91 Å². The summed E-state index contributed by atoms with van der Waals surface area (Å²) < 4.78 is 49.4. The van der Waals surface area contributed by atoms with Crippen LogP contribution in [0, 0.1) is 6.92 Å². The maximum atomic E-state index is 13.5. The maximum Gasteiger partial charge on any atom is 0.326 e. The zero-order valence-corrected chi connectivity index (χ0v) is 31.2. The Kier molecular flexibility index (Phi) is 15.3. The molecule has 1 saturated heterocycles. The molecule has 1 aliphatic rings. The number of carbonyl (C=O) groups excluding carboxylic acids is 1. The van der Waals surface area contributed by atoms with Crippen molar-refractivity contribution in [1.82, 2.24) is 10.2 Å². The highest BCUT2D eigenvalue weighted by molar-refractivity contribution is 7.99. The molecule has 2 unspecified atom stereocenters. The van der Waals surface area contributed by atoms with Crippen molar-refractivity contribution in [2.75, 3.05) is 43.4 Å². The van der Waals surface area contributed by atoms with Gasteiger partial charge >= 0.3 is 5.97 Å². The van der Waals surface area contributed by atoms with Crippen LogP contribution in [0.25, 0.3) is 11.1 Å². The van der Waals surface area contributed by atoms with Crippen LogP contribution in [-0.2, 0) is 42.4 Å². The van der Waals surface area contributed by atoms with Gasteiger partial charge in [0.2, 0.25) is 0 Å². The molecule has 2 N–H and O–H groups in total. The number of thioether (sulfide) groups is 1. The second kappa shape index (κ2) is 18.7. The molecule has 10 nitrogen and oxygen atoms in total. The Morgan fingerprint density at radius 2 is 1.61 bits per heavy atom. The Labute approximate surface area is 295 Å². The number of aliphatic carboxylic acids is 1. The minimum absolute atomic E-state index is 0.211. The van der Waals surface area contributed by atoms with Crippen LogP contribution in [0.2, 0.25) is 0 Å². The molecule has 0 aliphatic carbocycles. The van der Waals surface area contributed by atoms with Crippen LogP contribution in [0.4, 0.5) is 0 Å². The van der Waals surface area contributed by atoms with E-state index in [9.17, 15) is 31.5 Å². The first-order valence-corrected chi connectivity index (χ1v) is 21.5. The summed E-state index contributed by atoms with van der Waals surface area (Å²) >= 11 is 1.87. The van der Waals surface area contributed by atoms with Gasteiger partial charge in [0, 0.05) is 48.2 Å². The van der Waals surface area contributed by atoms with E-state index in [4.69, 9.17) is 4.74 Å². The summed E-state index contributed by atoms with van der Waals surface area (Å²) in [4.78, 5) is 27.8. The predicted molar refractivity (Wildman–Crippen MR) is 197 cm³/mol. The monoisotopic (exact) mass is 732 g/mol. The van der Waals surface area contributed by atoms with Gasteiger partial charge in [-0.05, 0) is 66.0 Å². The number of carboxylic acids is 1. The smallest absolute Gasteiger partial charge is 0.326 e. The Morgan fingerprint density at radius 3 is 2.20 bits per heavy atom. The molecule has 3 atom stereocenters. The quantitative estimate of drug-likeness (QED) is 0.222. The number of hydrogen-bond donors (Lipinski definition) is 2. The fraction of sp³-hybridized carbons (Fsp3) is 0.444. The number of carboxylic acid groups (broad SMARTS) is 1. The Hall–Kier alpha value is -3.23. The summed E-state index contributed by atoms with van der Waals surface area (Å²) in [5.41, 5.74) is 5.09. The molecule has 4 rings (SSSR count). The van der Waals surface area contributed by atoms with E-state index >= 15 is 0 Å². The normalized spacial score (nSPS) is 17.2. The predicted octanol–water partition coefficient (Wildman–Crippen LogP) is 4.85. The number of hydrogen-bond acceptors (Lipinski definition) is 9. The molecule has 0 spiro atoms. The van der Waals surface area contributed by atoms with Crippen molar-refractivity contribution in [2.24, 2.45) is 0 Å². The largest absolute Gasteiger partial charge is 0.480 e. The van der Waals surface area contributed by atoms with Crippen LogP contribution >= 0.6 is 11.8 Å². The molecule has 1 heterocycles. The Bertz CT molecular complexity index is 1770. The van der Waals surface area contributed by atoms with Gasteiger partial charge in [-0.2, -0.15) is 11.8 Å². The number of nitrogens with one attached hydrogen (secondary N) is 1. The SMILES string of the molecule is CCS(C)(=O)=O.CSC1C[C@@H](COCc2ccccc2)N(Cc2ccc(C(=O)NC(CCS(C)(=O)=O)C(=O)O)c(-c3ccccc3C)c2)C1. The van der Waals surface area contributed by atoms with Gasteiger partial charge in [-0.3, -0.25) is 9.69 Å². The van der Waals surface area contributed by atoms with Crippen LogP contribution in [0.5, 0.6) is 0 Å². The number of ether oxygens (including phenoxy) is 1. The number of sulfone groups is 2. The topological polar surface area (TPSA) is 147 Å². The lowest BCUT2D eigenvalue weighted by atomic mass is 9.93. The number of carbonyl (C=O) groups is 2. The van der Waals surface area contributed by atoms with Gasteiger partial charge in [0.1, 0.15) is 25.7 Å². The lowest BCUT2D eigenvalue weighted by Gasteiger charge is -2.25. The summed E-state index contributed by atoms with van der Waals surface area (Å²) in [5.74, 6) is -1.92. The van der Waals surface area contributed by atoms with Gasteiger partial charge in [-0.25, -0.2) is 21.6 Å². The molecule has 1 aliphatic heterocycles. The summed E-state index contributed by atoms with van der Waals surface area (Å²) in [7, 11) is -6.05. The molecule has 268 valence electrons. The molecular formula is C36H48N2O8S3. The highest BCUT2D eigenvalue weighted by Crippen LogP contribution is 2.32. The molecular weight excluding hydrogens is 685 g/mol. The van der Waals surface area contributed by atoms with E-state index in [1.54, 1.807) is 13.0 Å². The zero-order chi connectivity index (χ0) is 36.2. The number of aryl methyl sites for hydroxylation is 1. The first-order valence-electron chi connectivity index (χ1n) is 16.1. The minimum atomic E-state index is -3.39. The van der Waals surface area contributed by atoms with Gasteiger partial charge in [0.15, 0.2) is 0 Å². The standard InChI is InChI=1S/C33H40N2O6S2.C3H8O2S/c1-23-9-7-8-12-28(23)30-17-25(13-14-29(30)32(36)34-31(33(37)38)15-16-43(3,39)40)19-35-20-27(42-2)18-26(35)22-41-21-24-10-5-4-6-11-24;1-3-6(2,4)5/h4-14,17,26-27,31H,15-16,18-22H2,1-3H3,(H,34,36)(H,37,38);3H2,1-2H3/t26-,27?,31?;/m0./s1. The molecule has 49 heavy (non-hydrogen) atoms. The lowest BCUT2D eigenvalue weighted by molar-refractivity contribution is -0.139. The molecule has 0 bridgehead atoms. The van der Waals surface area contributed by atoms with Gasteiger partial charge in [-0.1, -0.05) is 67.6 Å². The fourth-order valence-electron chi connectivity index (χ4n) is 5.41. The van der Waals surface area contributed by atoms with Crippen LogP contribution in [-0.4, -0.2) is 99.5 Å². The van der Waals surface area contributed by atoms with Crippen LogP contribution in [0.3, 0.4) is 0 Å². The van der Waals surface area contributed by atoms with E-state index in [1.807, 2.05) is 73.3 Å². The van der Waals surface area contributed by atoms with Gasteiger partial charge in [-0.15, -0.1) is 0 Å². The Balaban J connectivity index is 0.000000992. The second-order valence-electron chi connectivity index (χ2n) is 12.4. The molecule has 13 heteroatoms. The third-order valence-electron chi connectivity index (χ3n) is 8.30. The average Bonchev–Trinajstić information content (AvgIpc) is 3.44. The van der Waals surface area contributed by atoms with Crippen molar-refractivity contribution in [3.8, 4) is 11.1 Å². The number of nitrogens with zero attached hydrogens (tertiary/aromatic N) is 1.